The first kappa shape index (κ1) is 22.7. The third-order valence-corrected chi connectivity index (χ3v) is 4.85. The molecule has 0 radical (unpaired) electrons. The number of carbonyl (C=O) groups excluding carboxylic acids is 4. The molecule has 1 atom stereocenters. The van der Waals surface area contributed by atoms with Crippen molar-refractivity contribution in [2.24, 2.45) is 0 Å². The number of ether oxygens (including phenoxy) is 2. The molecule has 164 valence electrons. The number of esters is 1. The van der Waals surface area contributed by atoms with Crippen LogP contribution in [-0.2, 0) is 14.3 Å². The number of amides is 3. The van der Waals surface area contributed by atoms with Crippen LogP contribution in [-0.4, -0.2) is 55.0 Å². The van der Waals surface area contributed by atoms with Crippen molar-refractivity contribution >= 4 is 29.4 Å². The van der Waals surface area contributed by atoms with Crippen LogP contribution in [0.25, 0.3) is 0 Å². The minimum atomic E-state index is -1.13. The first-order valence-electron chi connectivity index (χ1n) is 9.87. The van der Waals surface area contributed by atoms with Crippen LogP contribution in [0.3, 0.4) is 0 Å². The molecule has 1 aliphatic rings. The highest BCUT2D eigenvalue weighted by Gasteiger charge is 2.35. The van der Waals surface area contributed by atoms with E-state index < -0.39 is 29.8 Å². The molecule has 0 saturated heterocycles. The normalized spacial score (nSPS) is 13.3. The van der Waals surface area contributed by atoms with Gasteiger partial charge in [-0.05, 0) is 49.7 Å². The summed E-state index contributed by atoms with van der Waals surface area (Å²) in [5.41, 5.74) is 1.16. The molecule has 2 aromatic carbocycles. The van der Waals surface area contributed by atoms with Crippen LogP contribution < -0.4 is 5.32 Å². The second-order valence-electron chi connectivity index (χ2n) is 7.10. The van der Waals surface area contributed by atoms with Crippen molar-refractivity contribution in [3.05, 3.63) is 64.7 Å². The van der Waals surface area contributed by atoms with Crippen molar-refractivity contribution in [2.75, 3.05) is 25.6 Å². The molecule has 0 fully saturated rings. The molecule has 0 saturated carbocycles. The van der Waals surface area contributed by atoms with Gasteiger partial charge < -0.3 is 14.8 Å². The zero-order chi connectivity index (χ0) is 23.3. The van der Waals surface area contributed by atoms with Crippen LogP contribution in [0.2, 0.25) is 0 Å². The molecule has 0 bridgehead atoms. The molecular weight excluding hydrogens is 414 g/mol. The van der Waals surface area contributed by atoms with Gasteiger partial charge in [-0.2, -0.15) is 5.26 Å². The highest BCUT2D eigenvalue weighted by atomic mass is 16.5. The molecule has 9 heteroatoms. The lowest BCUT2D eigenvalue weighted by molar-refractivity contribution is -0.123. The SMILES string of the molecule is COCCCN1C(=O)c2ccc(C(=O)OC(C)C(=O)Nc3cccc(C#N)c3)cc2C1=O. The Morgan fingerprint density at radius 1 is 1.12 bits per heavy atom. The Bertz CT molecular complexity index is 1120. The number of anilines is 1. The number of hydrogen-bond acceptors (Lipinski definition) is 7. The van der Waals surface area contributed by atoms with Crippen molar-refractivity contribution in [3.63, 3.8) is 0 Å². The van der Waals surface area contributed by atoms with Crippen LogP contribution in [0.5, 0.6) is 0 Å². The quantitative estimate of drug-likeness (QED) is 0.383. The standard InChI is InChI=1S/C23H21N3O6/c1-14(20(27)25-17-6-3-5-15(11-17)13-24)32-23(30)16-7-8-18-19(12-16)22(29)26(21(18)28)9-4-10-31-2/h3,5-8,11-12,14H,4,9-10H2,1-2H3,(H,25,27). The number of rotatable bonds is 8. The Hall–Kier alpha value is -4.03. The Balaban J connectivity index is 1.66. The predicted molar refractivity (Wildman–Crippen MR) is 113 cm³/mol. The molecule has 1 aliphatic heterocycles. The first-order valence-corrected chi connectivity index (χ1v) is 9.87. The molecule has 2 aromatic rings. The minimum absolute atomic E-state index is 0.0507. The van der Waals surface area contributed by atoms with Crippen molar-refractivity contribution in [3.8, 4) is 6.07 Å². The molecular formula is C23H21N3O6. The second-order valence-corrected chi connectivity index (χ2v) is 7.10. The number of nitriles is 1. The molecule has 0 aliphatic carbocycles. The van der Waals surface area contributed by atoms with Crippen LogP contribution in [0.1, 0.15) is 50.0 Å². The maximum Gasteiger partial charge on any atom is 0.338 e. The van der Waals surface area contributed by atoms with E-state index in [1.54, 1.807) is 18.2 Å². The highest BCUT2D eigenvalue weighted by molar-refractivity contribution is 6.22. The molecule has 3 rings (SSSR count). The van der Waals surface area contributed by atoms with Gasteiger partial charge in [-0.1, -0.05) is 6.07 Å². The number of nitrogens with zero attached hydrogens (tertiary/aromatic N) is 2. The molecule has 3 amide bonds. The van der Waals surface area contributed by atoms with E-state index in [4.69, 9.17) is 14.7 Å². The van der Waals surface area contributed by atoms with Crippen LogP contribution in [0.4, 0.5) is 5.69 Å². The zero-order valence-electron chi connectivity index (χ0n) is 17.6. The summed E-state index contributed by atoms with van der Waals surface area (Å²) >= 11 is 0. The van der Waals surface area contributed by atoms with Crippen molar-refractivity contribution < 1.29 is 28.7 Å². The number of hydrogen-bond donors (Lipinski definition) is 1. The summed E-state index contributed by atoms with van der Waals surface area (Å²) in [5, 5.41) is 11.5. The molecule has 1 unspecified atom stereocenters. The van der Waals surface area contributed by atoms with Gasteiger partial charge in [0, 0.05) is 25.9 Å². The van der Waals surface area contributed by atoms with Crippen molar-refractivity contribution in [2.45, 2.75) is 19.4 Å². The van der Waals surface area contributed by atoms with Gasteiger partial charge in [-0.25, -0.2) is 4.79 Å². The van der Waals surface area contributed by atoms with E-state index in [1.807, 2.05) is 6.07 Å². The summed E-state index contributed by atoms with van der Waals surface area (Å²) < 4.78 is 10.2. The zero-order valence-corrected chi connectivity index (χ0v) is 17.6. The predicted octanol–water partition coefficient (Wildman–Crippen LogP) is 2.37. The fraction of sp³-hybridized carbons (Fsp3) is 0.261. The molecule has 1 N–H and O–H groups in total. The summed E-state index contributed by atoms with van der Waals surface area (Å²) in [6, 6.07) is 12.4. The number of benzene rings is 2. The lowest BCUT2D eigenvalue weighted by Gasteiger charge is -2.14. The summed E-state index contributed by atoms with van der Waals surface area (Å²) in [6.45, 7) is 2.02. The number of fused-ring (bicyclic) bond motifs is 1. The molecule has 1 heterocycles. The number of carbonyl (C=O) groups is 4. The van der Waals surface area contributed by atoms with Gasteiger partial charge >= 0.3 is 5.97 Å². The van der Waals surface area contributed by atoms with Crippen molar-refractivity contribution in [1.29, 1.82) is 5.26 Å². The van der Waals surface area contributed by atoms with E-state index in [-0.39, 0.29) is 23.2 Å². The summed E-state index contributed by atoms with van der Waals surface area (Å²) in [4.78, 5) is 51.0. The Morgan fingerprint density at radius 3 is 2.59 bits per heavy atom. The van der Waals surface area contributed by atoms with Gasteiger partial charge in [-0.3, -0.25) is 19.3 Å². The smallest absolute Gasteiger partial charge is 0.338 e. The van der Waals surface area contributed by atoms with E-state index in [9.17, 15) is 19.2 Å². The van der Waals surface area contributed by atoms with Crippen LogP contribution in [0, 0.1) is 11.3 Å². The maximum absolute atomic E-state index is 12.6. The van der Waals surface area contributed by atoms with Gasteiger partial charge in [0.25, 0.3) is 17.7 Å². The fourth-order valence-electron chi connectivity index (χ4n) is 3.18. The minimum Gasteiger partial charge on any atom is -0.449 e. The average Bonchev–Trinajstić information content (AvgIpc) is 3.03. The van der Waals surface area contributed by atoms with E-state index in [0.29, 0.717) is 24.3 Å². The number of nitrogens with one attached hydrogen (secondary N) is 1. The van der Waals surface area contributed by atoms with Gasteiger partial charge in [0.15, 0.2) is 6.10 Å². The Kier molecular flexibility index (Phi) is 6.97. The van der Waals surface area contributed by atoms with E-state index in [2.05, 4.69) is 5.32 Å². The third-order valence-electron chi connectivity index (χ3n) is 4.85. The van der Waals surface area contributed by atoms with Gasteiger partial charge in [-0.15, -0.1) is 0 Å². The Labute approximate surface area is 184 Å². The third kappa shape index (κ3) is 4.82. The monoisotopic (exact) mass is 435 g/mol. The molecule has 0 spiro atoms. The van der Waals surface area contributed by atoms with Gasteiger partial charge in [0.1, 0.15) is 0 Å². The fourth-order valence-corrected chi connectivity index (χ4v) is 3.18. The lowest BCUT2D eigenvalue weighted by atomic mass is 10.1. The average molecular weight is 435 g/mol. The summed E-state index contributed by atoms with van der Waals surface area (Å²) in [7, 11) is 1.53. The number of imide groups is 1. The van der Waals surface area contributed by atoms with E-state index in [1.165, 1.54) is 38.3 Å². The van der Waals surface area contributed by atoms with E-state index >= 15 is 0 Å². The van der Waals surface area contributed by atoms with E-state index in [0.717, 1.165) is 4.90 Å². The Morgan fingerprint density at radius 2 is 1.88 bits per heavy atom. The number of methoxy groups -OCH3 is 1. The first-order chi connectivity index (χ1) is 15.3. The summed E-state index contributed by atoms with van der Waals surface area (Å²) in [5.74, 6) is -2.29. The van der Waals surface area contributed by atoms with Crippen molar-refractivity contribution in [1.82, 2.24) is 4.90 Å². The van der Waals surface area contributed by atoms with Crippen LogP contribution >= 0.6 is 0 Å². The molecule has 0 aromatic heterocycles. The lowest BCUT2D eigenvalue weighted by Crippen LogP contribution is -2.31. The second kappa shape index (κ2) is 9.85. The maximum atomic E-state index is 12.6. The largest absolute Gasteiger partial charge is 0.449 e. The van der Waals surface area contributed by atoms with Gasteiger partial charge in [0.05, 0.1) is 28.3 Å². The summed E-state index contributed by atoms with van der Waals surface area (Å²) in [6.07, 6.45) is -0.634. The van der Waals surface area contributed by atoms with Gasteiger partial charge in [0.2, 0.25) is 0 Å². The molecule has 32 heavy (non-hydrogen) atoms. The van der Waals surface area contributed by atoms with Crippen LogP contribution in [0.15, 0.2) is 42.5 Å². The molecule has 9 nitrogen and oxygen atoms in total. The highest BCUT2D eigenvalue weighted by Crippen LogP contribution is 2.25. The topological polar surface area (TPSA) is 126 Å².